The molecule has 8 nitrogen and oxygen atoms in total. The average molecular weight is 631 g/mol. The first-order valence-corrected chi connectivity index (χ1v) is 15.2. The van der Waals surface area contributed by atoms with Crippen LogP contribution < -0.4 is 14.4 Å². The Morgan fingerprint density at radius 1 is 0.975 bits per heavy atom. The Morgan fingerprint density at radius 2 is 1.65 bits per heavy atom. The zero-order valence-electron chi connectivity index (χ0n) is 23.4. The predicted octanol–water partition coefficient (Wildman–Crippen LogP) is 5.15. The van der Waals surface area contributed by atoms with Gasteiger partial charge in [-0.2, -0.15) is 0 Å². The molecule has 0 bridgehead atoms. The Hall–Kier alpha value is -3.37. The number of anilines is 1. The van der Waals surface area contributed by atoms with Crippen molar-refractivity contribution in [2.45, 2.75) is 45.2 Å². The topological polar surface area (TPSA) is 96.0 Å². The maximum atomic E-state index is 14.0. The van der Waals surface area contributed by atoms with Crippen LogP contribution in [0.25, 0.3) is 0 Å². The van der Waals surface area contributed by atoms with Gasteiger partial charge < -0.3 is 15.0 Å². The summed E-state index contributed by atoms with van der Waals surface area (Å²) in [6.45, 7) is 7.54. The largest absolute Gasteiger partial charge is 0.497 e. The van der Waals surface area contributed by atoms with Gasteiger partial charge in [0.05, 0.1) is 17.7 Å². The number of nitrogens with zero attached hydrogens (tertiary/aromatic N) is 2. The van der Waals surface area contributed by atoms with Crippen molar-refractivity contribution in [2.24, 2.45) is 5.92 Å². The number of rotatable bonds is 12. The monoisotopic (exact) mass is 629 g/mol. The molecule has 0 spiro atoms. The number of hydrogen-bond donors (Lipinski definition) is 1. The van der Waals surface area contributed by atoms with Crippen LogP contribution in [0.5, 0.6) is 5.75 Å². The Bertz CT molecular complexity index is 1430. The van der Waals surface area contributed by atoms with E-state index in [1.807, 2.05) is 45.0 Å². The number of hydrogen-bond acceptors (Lipinski definition) is 5. The van der Waals surface area contributed by atoms with Gasteiger partial charge in [-0.25, -0.2) is 8.42 Å². The normalized spacial score (nSPS) is 12.1. The number of amides is 2. The molecular weight excluding hydrogens is 594 g/mol. The van der Waals surface area contributed by atoms with Crippen LogP contribution in [0.15, 0.2) is 82.2 Å². The number of carbonyl (C=O) groups is 2. The number of carbonyl (C=O) groups excluding carboxylic acids is 2. The van der Waals surface area contributed by atoms with Crippen molar-refractivity contribution in [3.05, 3.63) is 88.4 Å². The smallest absolute Gasteiger partial charge is 0.264 e. The molecule has 10 heteroatoms. The number of aryl methyl sites for hydroxylation is 1. The summed E-state index contributed by atoms with van der Waals surface area (Å²) in [5.74, 6) is -0.160. The zero-order chi connectivity index (χ0) is 29.4. The third kappa shape index (κ3) is 8.08. The van der Waals surface area contributed by atoms with Gasteiger partial charge in [-0.3, -0.25) is 13.9 Å². The lowest BCUT2D eigenvalue weighted by atomic mass is 10.1. The fourth-order valence-electron chi connectivity index (χ4n) is 4.00. The van der Waals surface area contributed by atoms with E-state index in [0.29, 0.717) is 12.3 Å². The number of nitrogens with one attached hydrogen (secondary N) is 1. The molecular formula is C30H36BrN3O5S. The van der Waals surface area contributed by atoms with Gasteiger partial charge in [-0.1, -0.05) is 65.7 Å². The molecule has 1 atom stereocenters. The first kappa shape index (κ1) is 31.2. The van der Waals surface area contributed by atoms with Crippen LogP contribution in [-0.2, 0) is 26.2 Å². The van der Waals surface area contributed by atoms with Crippen LogP contribution in [0, 0.1) is 12.8 Å². The van der Waals surface area contributed by atoms with Gasteiger partial charge in [-0.05, 0) is 61.7 Å². The van der Waals surface area contributed by atoms with E-state index in [9.17, 15) is 18.0 Å². The fraction of sp³-hybridized carbons (Fsp3) is 0.333. The van der Waals surface area contributed by atoms with Crippen molar-refractivity contribution in [1.82, 2.24) is 10.2 Å². The van der Waals surface area contributed by atoms with Crippen LogP contribution in [0.2, 0.25) is 0 Å². The Balaban J connectivity index is 2.03. The van der Waals surface area contributed by atoms with E-state index in [2.05, 4.69) is 21.2 Å². The molecule has 0 radical (unpaired) electrons. The molecule has 0 heterocycles. The van der Waals surface area contributed by atoms with Crippen molar-refractivity contribution >= 4 is 43.5 Å². The van der Waals surface area contributed by atoms with Crippen molar-refractivity contribution in [3.63, 3.8) is 0 Å². The van der Waals surface area contributed by atoms with Crippen molar-refractivity contribution in [2.75, 3.05) is 24.5 Å². The number of methoxy groups -OCH3 is 1. The minimum Gasteiger partial charge on any atom is -0.497 e. The molecule has 1 N–H and O–H groups in total. The fourth-order valence-corrected chi connectivity index (χ4v) is 5.85. The quantitative estimate of drug-likeness (QED) is 0.299. The number of benzene rings is 3. The minimum atomic E-state index is -4.15. The number of sulfonamides is 1. The van der Waals surface area contributed by atoms with Gasteiger partial charge in [0.1, 0.15) is 18.3 Å². The van der Waals surface area contributed by atoms with Gasteiger partial charge in [0.15, 0.2) is 0 Å². The first-order chi connectivity index (χ1) is 18.9. The van der Waals surface area contributed by atoms with E-state index in [1.165, 1.54) is 24.1 Å². The predicted molar refractivity (Wildman–Crippen MR) is 161 cm³/mol. The van der Waals surface area contributed by atoms with Crippen LogP contribution in [-0.4, -0.2) is 51.4 Å². The summed E-state index contributed by atoms with van der Waals surface area (Å²) in [6.07, 6.45) is 0. The van der Waals surface area contributed by atoms with Crippen LogP contribution in [0.1, 0.15) is 31.9 Å². The van der Waals surface area contributed by atoms with E-state index < -0.39 is 28.5 Å². The summed E-state index contributed by atoms with van der Waals surface area (Å²) >= 11 is 3.46. The molecule has 0 aliphatic carbocycles. The summed E-state index contributed by atoms with van der Waals surface area (Å²) in [5.41, 5.74) is 1.97. The molecule has 214 valence electrons. The summed E-state index contributed by atoms with van der Waals surface area (Å²) in [7, 11) is -2.66. The number of halogens is 1. The number of ether oxygens (including phenoxy) is 1. The highest BCUT2D eigenvalue weighted by molar-refractivity contribution is 9.10. The SMILES string of the molecule is COc1cccc(N(CC(=O)N(Cc2cccc(Br)c2)[C@@H](C)C(=O)NCC(C)C)S(=O)(=O)c2ccc(C)cc2)c1. The Morgan fingerprint density at radius 3 is 2.27 bits per heavy atom. The zero-order valence-corrected chi connectivity index (χ0v) is 25.8. The highest BCUT2D eigenvalue weighted by Crippen LogP contribution is 2.28. The van der Waals surface area contributed by atoms with Crippen LogP contribution >= 0.6 is 15.9 Å². The molecule has 0 aromatic heterocycles. The van der Waals surface area contributed by atoms with Gasteiger partial charge >= 0.3 is 0 Å². The van der Waals surface area contributed by atoms with E-state index in [4.69, 9.17) is 4.74 Å². The third-order valence-corrected chi connectivity index (χ3v) is 8.60. The van der Waals surface area contributed by atoms with Crippen LogP contribution in [0.4, 0.5) is 5.69 Å². The molecule has 3 aromatic carbocycles. The van der Waals surface area contributed by atoms with Crippen molar-refractivity contribution in [3.8, 4) is 5.75 Å². The second-order valence-corrected chi connectivity index (χ2v) is 12.8. The van der Waals surface area contributed by atoms with Gasteiger partial charge in [0.25, 0.3) is 10.0 Å². The second-order valence-electron chi connectivity index (χ2n) is 9.99. The lowest BCUT2D eigenvalue weighted by molar-refractivity contribution is -0.139. The Kier molecular flexibility index (Phi) is 10.8. The highest BCUT2D eigenvalue weighted by atomic mass is 79.9. The Labute approximate surface area is 245 Å². The van der Waals surface area contributed by atoms with Gasteiger partial charge in [0.2, 0.25) is 11.8 Å². The van der Waals surface area contributed by atoms with Gasteiger partial charge in [-0.15, -0.1) is 0 Å². The molecule has 3 aromatic rings. The summed E-state index contributed by atoms with van der Waals surface area (Å²) in [6, 6.07) is 19.6. The second kappa shape index (κ2) is 13.8. The van der Waals surface area contributed by atoms with E-state index in [1.54, 1.807) is 43.3 Å². The van der Waals surface area contributed by atoms with Crippen LogP contribution in [0.3, 0.4) is 0 Å². The minimum absolute atomic E-state index is 0.0509. The molecule has 2 amide bonds. The molecule has 0 saturated heterocycles. The van der Waals surface area contributed by atoms with Gasteiger partial charge in [0, 0.05) is 23.6 Å². The maximum Gasteiger partial charge on any atom is 0.264 e. The van der Waals surface area contributed by atoms with E-state index in [-0.39, 0.29) is 29.0 Å². The summed E-state index contributed by atoms with van der Waals surface area (Å²) in [4.78, 5) is 28.5. The summed E-state index contributed by atoms with van der Waals surface area (Å²) < 4.78 is 35.0. The van der Waals surface area contributed by atoms with Crippen molar-refractivity contribution in [1.29, 1.82) is 0 Å². The molecule has 0 fully saturated rings. The lowest BCUT2D eigenvalue weighted by Gasteiger charge is -2.32. The van der Waals surface area contributed by atoms with Crippen molar-refractivity contribution < 1.29 is 22.7 Å². The average Bonchev–Trinajstić information content (AvgIpc) is 2.93. The molecule has 0 aliphatic heterocycles. The highest BCUT2D eigenvalue weighted by Gasteiger charge is 2.32. The van der Waals surface area contributed by atoms with E-state index >= 15 is 0 Å². The first-order valence-electron chi connectivity index (χ1n) is 13.0. The third-order valence-electron chi connectivity index (χ3n) is 6.32. The van der Waals surface area contributed by atoms with E-state index in [0.717, 1.165) is 19.9 Å². The maximum absolute atomic E-state index is 14.0. The molecule has 0 saturated carbocycles. The molecule has 40 heavy (non-hydrogen) atoms. The standard InChI is InChI=1S/C30H36BrN3O5S/c1-21(2)18-32-30(36)23(4)33(19-24-8-6-9-25(31)16-24)29(35)20-34(26-10-7-11-27(17-26)39-5)40(37,38)28-14-12-22(3)13-15-28/h6-17,21,23H,18-20H2,1-5H3,(H,32,36)/t23-/m0/s1. The molecule has 3 rings (SSSR count). The summed E-state index contributed by atoms with van der Waals surface area (Å²) in [5, 5.41) is 2.89. The molecule has 0 unspecified atom stereocenters. The molecule has 0 aliphatic rings. The lowest BCUT2D eigenvalue weighted by Crippen LogP contribution is -2.51.